The lowest BCUT2D eigenvalue weighted by atomic mass is 10.0. The van der Waals surface area contributed by atoms with Gasteiger partial charge < -0.3 is 14.4 Å². The van der Waals surface area contributed by atoms with E-state index in [1.54, 1.807) is 4.90 Å². The van der Waals surface area contributed by atoms with Crippen LogP contribution in [-0.4, -0.2) is 59.6 Å². The number of aromatic nitrogens is 2. The van der Waals surface area contributed by atoms with Crippen molar-refractivity contribution in [2.75, 3.05) is 13.2 Å². The fraction of sp³-hybridized carbons (Fsp3) is 0.750. The van der Waals surface area contributed by atoms with E-state index in [0.717, 1.165) is 0 Å². The lowest BCUT2D eigenvalue weighted by Crippen LogP contribution is -2.45. The van der Waals surface area contributed by atoms with Crippen molar-refractivity contribution in [1.29, 1.82) is 0 Å². The van der Waals surface area contributed by atoms with Crippen LogP contribution in [0.3, 0.4) is 0 Å². The summed E-state index contributed by atoms with van der Waals surface area (Å²) in [7, 11) is -3.80. The number of nitrogens with zero attached hydrogens (tertiary/aromatic N) is 3. The van der Waals surface area contributed by atoms with Gasteiger partial charge in [0, 0.05) is 11.7 Å². The van der Waals surface area contributed by atoms with Gasteiger partial charge in [0.1, 0.15) is 5.60 Å². The Balaban J connectivity index is 1.87. The number of hydrogen-bond donors (Lipinski definition) is 1. The van der Waals surface area contributed by atoms with Gasteiger partial charge in [-0.3, -0.25) is 4.68 Å². The van der Waals surface area contributed by atoms with Crippen molar-refractivity contribution in [3.05, 3.63) is 12.3 Å². The van der Waals surface area contributed by atoms with E-state index >= 15 is 0 Å². The molecule has 0 saturated carbocycles. The number of rotatable bonds is 5. The summed E-state index contributed by atoms with van der Waals surface area (Å²) in [5.74, 6) is 0. The molecule has 0 aromatic carbocycles. The summed E-state index contributed by atoms with van der Waals surface area (Å²) in [6.45, 7) is 10.6. The average molecular weight is 388 g/mol. The average Bonchev–Trinajstić information content (AvgIpc) is 3.01. The molecule has 1 aromatic rings. The minimum Gasteiger partial charge on any atom is -0.444 e. The standard InChI is InChI=1S/C16H28N4O5S/c1-15(2,3)25-14(21)20-11-12(10-16(20,4)5)24-9-8-19-7-6-13(18-19)26(17,22)23/h6-7,12H,8-11H2,1-5H3,(H2,17,22,23). The number of amides is 1. The van der Waals surface area contributed by atoms with Gasteiger partial charge in [-0.25, -0.2) is 18.4 Å². The summed E-state index contributed by atoms with van der Waals surface area (Å²) in [5.41, 5.74) is -0.910. The van der Waals surface area contributed by atoms with E-state index < -0.39 is 15.6 Å². The van der Waals surface area contributed by atoms with Crippen LogP contribution in [0.15, 0.2) is 17.3 Å². The number of carbonyl (C=O) groups is 1. The Bertz CT molecular complexity index is 751. The van der Waals surface area contributed by atoms with Gasteiger partial charge in [0.05, 0.1) is 25.8 Å². The smallest absolute Gasteiger partial charge is 0.410 e. The molecule has 26 heavy (non-hydrogen) atoms. The molecule has 148 valence electrons. The molecule has 1 aliphatic heterocycles. The largest absolute Gasteiger partial charge is 0.444 e. The Labute approximate surface area is 154 Å². The van der Waals surface area contributed by atoms with Gasteiger partial charge in [-0.1, -0.05) is 0 Å². The zero-order chi connectivity index (χ0) is 19.8. The van der Waals surface area contributed by atoms with Crippen LogP contribution in [0.5, 0.6) is 0 Å². The third kappa shape index (κ3) is 5.42. The number of carbonyl (C=O) groups excluding carboxylic acids is 1. The summed E-state index contributed by atoms with van der Waals surface area (Å²) in [6, 6.07) is 1.35. The quantitative estimate of drug-likeness (QED) is 0.813. The van der Waals surface area contributed by atoms with Crippen LogP contribution in [0.25, 0.3) is 0 Å². The molecular weight excluding hydrogens is 360 g/mol. The monoisotopic (exact) mass is 388 g/mol. The Morgan fingerprint density at radius 3 is 2.62 bits per heavy atom. The van der Waals surface area contributed by atoms with Crippen LogP contribution in [0.4, 0.5) is 4.79 Å². The number of hydrogen-bond acceptors (Lipinski definition) is 6. The van der Waals surface area contributed by atoms with Crippen molar-refractivity contribution in [3.8, 4) is 0 Å². The third-order valence-electron chi connectivity index (χ3n) is 4.04. The summed E-state index contributed by atoms with van der Waals surface area (Å²) < 4.78 is 35.2. The fourth-order valence-electron chi connectivity index (χ4n) is 2.87. The number of ether oxygens (including phenoxy) is 2. The number of sulfonamides is 1. The predicted molar refractivity (Wildman–Crippen MR) is 95.0 cm³/mol. The maximum atomic E-state index is 12.4. The molecule has 1 saturated heterocycles. The van der Waals surface area contributed by atoms with E-state index in [9.17, 15) is 13.2 Å². The first-order valence-corrected chi connectivity index (χ1v) is 10.0. The first kappa shape index (κ1) is 20.7. The molecule has 0 bridgehead atoms. The molecule has 2 heterocycles. The van der Waals surface area contributed by atoms with E-state index in [0.29, 0.717) is 26.1 Å². The van der Waals surface area contributed by atoms with Gasteiger partial charge in [0.2, 0.25) is 0 Å². The lowest BCUT2D eigenvalue weighted by molar-refractivity contribution is 0.00974. The number of likely N-dealkylation sites (tertiary alicyclic amines) is 1. The van der Waals surface area contributed by atoms with Crippen LogP contribution < -0.4 is 5.14 Å². The summed E-state index contributed by atoms with van der Waals surface area (Å²) in [6.07, 6.45) is 1.76. The van der Waals surface area contributed by atoms with Crippen LogP contribution in [0.2, 0.25) is 0 Å². The second-order valence-corrected chi connectivity index (χ2v) is 9.57. The zero-order valence-electron chi connectivity index (χ0n) is 15.9. The van der Waals surface area contributed by atoms with Gasteiger partial charge in [0.25, 0.3) is 10.0 Å². The van der Waals surface area contributed by atoms with Gasteiger partial charge in [-0.05, 0) is 47.1 Å². The molecule has 9 nitrogen and oxygen atoms in total. The molecular formula is C16H28N4O5S. The summed E-state index contributed by atoms with van der Waals surface area (Å²) in [5, 5.41) is 8.76. The van der Waals surface area contributed by atoms with E-state index in [-0.39, 0.29) is 22.8 Å². The molecule has 2 rings (SSSR count). The van der Waals surface area contributed by atoms with Crippen molar-refractivity contribution in [2.24, 2.45) is 5.14 Å². The Morgan fingerprint density at radius 1 is 1.42 bits per heavy atom. The minimum absolute atomic E-state index is 0.120. The maximum Gasteiger partial charge on any atom is 0.410 e. The molecule has 10 heteroatoms. The highest BCUT2D eigenvalue weighted by atomic mass is 32.2. The Hall–Kier alpha value is -1.65. The second-order valence-electron chi connectivity index (χ2n) is 8.06. The van der Waals surface area contributed by atoms with Gasteiger partial charge in [-0.2, -0.15) is 5.10 Å². The molecule has 0 radical (unpaired) electrons. The highest BCUT2D eigenvalue weighted by Crippen LogP contribution is 2.31. The van der Waals surface area contributed by atoms with E-state index in [2.05, 4.69) is 5.10 Å². The molecule has 1 aliphatic rings. The van der Waals surface area contributed by atoms with Crippen molar-refractivity contribution in [1.82, 2.24) is 14.7 Å². The SMILES string of the molecule is CC(C)(C)OC(=O)N1CC(OCCn2ccc(S(N)(=O)=O)n2)CC1(C)C. The molecule has 1 atom stereocenters. The van der Waals surface area contributed by atoms with Gasteiger partial charge in [0.15, 0.2) is 5.03 Å². The molecule has 1 unspecified atom stereocenters. The number of nitrogens with two attached hydrogens (primary N) is 1. The van der Waals surface area contributed by atoms with Crippen LogP contribution in [-0.2, 0) is 26.0 Å². The zero-order valence-corrected chi connectivity index (χ0v) is 16.7. The molecule has 2 N–H and O–H groups in total. The molecule has 1 amide bonds. The highest BCUT2D eigenvalue weighted by Gasteiger charge is 2.43. The maximum absolute atomic E-state index is 12.4. The van der Waals surface area contributed by atoms with Gasteiger partial charge >= 0.3 is 6.09 Å². The van der Waals surface area contributed by atoms with Crippen LogP contribution >= 0.6 is 0 Å². The fourth-order valence-corrected chi connectivity index (χ4v) is 3.33. The van der Waals surface area contributed by atoms with Crippen LogP contribution in [0.1, 0.15) is 41.0 Å². The first-order chi connectivity index (χ1) is 11.8. The lowest BCUT2D eigenvalue weighted by Gasteiger charge is -2.33. The molecule has 1 aromatic heterocycles. The highest BCUT2D eigenvalue weighted by molar-refractivity contribution is 7.89. The first-order valence-electron chi connectivity index (χ1n) is 8.46. The normalized spacial score (nSPS) is 20.4. The summed E-state index contributed by atoms with van der Waals surface area (Å²) >= 11 is 0. The summed E-state index contributed by atoms with van der Waals surface area (Å²) in [4.78, 5) is 14.1. The predicted octanol–water partition coefficient (Wildman–Crippen LogP) is 1.34. The molecule has 0 spiro atoms. The second kappa shape index (κ2) is 7.16. The van der Waals surface area contributed by atoms with Crippen molar-refractivity contribution >= 4 is 16.1 Å². The minimum atomic E-state index is -3.80. The van der Waals surface area contributed by atoms with Crippen molar-refractivity contribution in [3.63, 3.8) is 0 Å². The Kier molecular flexibility index (Phi) is 5.69. The van der Waals surface area contributed by atoms with Crippen molar-refractivity contribution in [2.45, 2.75) is 69.9 Å². The molecule has 1 fully saturated rings. The van der Waals surface area contributed by atoms with Gasteiger partial charge in [-0.15, -0.1) is 0 Å². The van der Waals surface area contributed by atoms with Crippen molar-refractivity contribution < 1.29 is 22.7 Å². The molecule has 0 aliphatic carbocycles. The Morgan fingerprint density at radius 2 is 2.08 bits per heavy atom. The van der Waals surface area contributed by atoms with E-state index in [1.807, 2.05) is 34.6 Å². The number of primary sulfonamides is 1. The van der Waals surface area contributed by atoms with E-state index in [4.69, 9.17) is 14.6 Å². The van der Waals surface area contributed by atoms with E-state index in [1.165, 1.54) is 16.9 Å². The third-order valence-corrected chi connectivity index (χ3v) is 4.84. The van der Waals surface area contributed by atoms with Crippen LogP contribution in [0, 0.1) is 0 Å². The topological polar surface area (TPSA) is 117 Å².